The van der Waals surface area contributed by atoms with Gasteiger partial charge < -0.3 is 5.32 Å². The lowest BCUT2D eigenvalue weighted by molar-refractivity contribution is 0.816. The predicted octanol–water partition coefficient (Wildman–Crippen LogP) is 4.85. The van der Waals surface area contributed by atoms with Gasteiger partial charge in [-0.1, -0.05) is 48.8 Å². The molecule has 0 bridgehead atoms. The topological polar surface area (TPSA) is 37.8 Å². The molecule has 1 aromatic heterocycles. The molecular weight excluding hydrogens is 314 g/mol. The summed E-state index contributed by atoms with van der Waals surface area (Å²) >= 11 is 3.50. The second-order valence-electron chi connectivity index (χ2n) is 5.09. The van der Waals surface area contributed by atoms with Crippen LogP contribution >= 0.6 is 15.9 Å². The fraction of sp³-hybridized carbons (Fsp3) is 0.375. The van der Waals surface area contributed by atoms with E-state index in [4.69, 9.17) is 0 Å². The van der Waals surface area contributed by atoms with Gasteiger partial charge in [0.05, 0.1) is 0 Å². The van der Waals surface area contributed by atoms with Crippen molar-refractivity contribution in [3.05, 3.63) is 40.5 Å². The lowest BCUT2D eigenvalue weighted by Gasteiger charge is -2.11. The van der Waals surface area contributed by atoms with Gasteiger partial charge in [0, 0.05) is 28.3 Å². The van der Waals surface area contributed by atoms with Gasteiger partial charge in [0.15, 0.2) is 5.82 Å². The van der Waals surface area contributed by atoms with E-state index in [1.165, 1.54) is 0 Å². The minimum Gasteiger partial charge on any atom is -0.370 e. The van der Waals surface area contributed by atoms with E-state index in [9.17, 15) is 0 Å². The molecule has 1 aromatic carbocycles. The molecule has 4 heteroatoms. The van der Waals surface area contributed by atoms with Crippen LogP contribution in [0.25, 0.3) is 11.4 Å². The van der Waals surface area contributed by atoms with Gasteiger partial charge in [-0.2, -0.15) is 0 Å². The van der Waals surface area contributed by atoms with Crippen molar-refractivity contribution in [3.63, 3.8) is 0 Å². The Balaban J connectivity index is 2.43. The average Bonchev–Trinajstić information content (AvgIpc) is 2.44. The summed E-state index contributed by atoms with van der Waals surface area (Å²) in [6.07, 6.45) is 1.08. The van der Waals surface area contributed by atoms with E-state index >= 15 is 0 Å². The molecule has 20 heavy (non-hydrogen) atoms. The van der Waals surface area contributed by atoms with Gasteiger partial charge >= 0.3 is 0 Å². The summed E-state index contributed by atoms with van der Waals surface area (Å²) in [5, 5.41) is 3.35. The molecule has 0 aliphatic rings. The van der Waals surface area contributed by atoms with E-state index in [1.54, 1.807) is 0 Å². The summed E-state index contributed by atoms with van der Waals surface area (Å²) in [5.74, 6) is 2.06. The molecule has 2 rings (SSSR count). The highest BCUT2D eigenvalue weighted by molar-refractivity contribution is 9.10. The zero-order chi connectivity index (χ0) is 14.5. The van der Waals surface area contributed by atoms with Crippen molar-refractivity contribution in [3.8, 4) is 11.4 Å². The van der Waals surface area contributed by atoms with Gasteiger partial charge in [-0.3, -0.25) is 0 Å². The third-order valence-corrected chi connectivity index (χ3v) is 3.47. The van der Waals surface area contributed by atoms with Crippen LogP contribution in [0, 0.1) is 0 Å². The first-order valence-corrected chi connectivity index (χ1v) is 7.78. The number of aromatic nitrogens is 2. The normalized spacial score (nSPS) is 10.8. The van der Waals surface area contributed by atoms with E-state index in [0.29, 0.717) is 5.92 Å². The Labute approximate surface area is 129 Å². The molecule has 0 amide bonds. The smallest absolute Gasteiger partial charge is 0.161 e. The Bertz CT molecular complexity index is 582. The van der Waals surface area contributed by atoms with E-state index in [-0.39, 0.29) is 0 Å². The molecule has 1 heterocycles. The summed E-state index contributed by atoms with van der Waals surface area (Å²) in [6.45, 7) is 7.37. The number of anilines is 1. The minimum atomic E-state index is 0.381. The monoisotopic (exact) mass is 333 g/mol. The largest absolute Gasteiger partial charge is 0.370 e. The maximum atomic E-state index is 4.68. The summed E-state index contributed by atoms with van der Waals surface area (Å²) < 4.78 is 1.04. The van der Waals surface area contributed by atoms with E-state index < -0.39 is 0 Å². The van der Waals surface area contributed by atoms with E-state index in [1.807, 2.05) is 30.3 Å². The highest BCUT2D eigenvalue weighted by Crippen LogP contribution is 2.24. The van der Waals surface area contributed by atoms with Crippen molar-refractivity contribution >= 4 is 21.7 Å². The highest BCUT2D eigenvalue weighted by Gasteiger charge is 2.09. The second-order valence-corrected chi connectivity index (χ2v) is 6.01. The number of hydrogen-bond acceptors (Lipinski definition) is 3. The lowest BCUT2D eigenvalue weighted by Crippen LogP contribution is -2.06. The van der Waals surface area contributed by atoms with Crippen molar-refractivity contribution in [2.24, 2.45) is 0 Å². The van der Waals surface area contributed by atoms with Crippen LogP contribution in [0.15, 0.2) is 34.8 Å². The van der Waals surface area contributed by atoms with Gasteiger partial charge in [-0.15, -0.1) is 0 Å². The highest BCUT2D eigenvalue weighted by atomic mass is 79.9. The zero-order valence-electron chi connectivity index (χ0n) is 12.2. The van der Waals surface area contributed by atoms with Crippen LogP contribution in [0.5, 0.6) is 0 Å². The number of hydrogen-bond donors (Lipinski definition) is 1. The number of benzene rings is 1. The third kappa shape index (κ3) is 3.79. The van der Waals surface area contributed by atoms with Crippen LogP contribution in [0.3, 0.4) is 0 Å². The molecule has 0 fully saturated rings. The molecule has 0 atom stereocenters. The summed E-state index contributed by atoms with van der Waals surface area (Å²) in [6, 6.07) is 10.1. The number of halogens is 1. The van der Waals surface area contributed by atoms with Crippen molar-refractivity contribution in [1.29, 1.82) is 0 Å². The van der Waals surface area contributed by atoms with Crippen LogP contribution in [0.2, 0.25) is 0 Å². The van der Waals surface area contributed by atoms with Crippen molar-refractivity contribution in [2.75, 3.05) is 11.9 Å². The van der Waals surface area contributed by atoms with Crippen molar-refractivity contribution < 1.29 is 0 Å². The van der Waals surface area contributed by atoms with Gasteiger partial charge in [0.25, 0.3) is 0 Å². The minimum absolute atomic E-state index is 0.381. The standard InChI is InChI=1S/C16H20BrN3/c1-4-8-18-15-10-14(11(2)3)19-16(20-15)12-6-5-7-13(17)9-12/h5-7,9-11H,4,8H2,1-3H3,(H,18,19,20). The Morgan fingerprint density at radius 3 is 2.65 bits per heavy atom. The van der Waals surface area contributed by atoms with Crippen LogP contribution in [0.4, 0.5) is 5.82 Å². The maximum absolute atomic E-state index is 4.68. The Morgan fingerprint density at radius 2 is 2.00 bits per heavy atom. The van der Waals surface area contributed by atoms with E-state index in [2.05, 4.69) is 52.0 Å². The molecule has 2 aromatic rings. The molecule has 0 radical (unpaired) electrons. The summed E-state index contributed by atoms with van der Waals surface area (Å²) in [4.78, 5) is 9.30. The molecule has 0 spiro atoms. The van der Waals surface area contributed by atoms with Crippen LogP contribution in [0.1, 0.15) is 38.8 Å². The Kier molecular flexibility index (Phi) is 5.12. The second kappa shape index (κ2) is 6.84. The van der Waals surface area contributed by atoms with Crippen LogP contribution in [-0.4, -0.2) is 16.5 Å². The van der Waals surface area contributed by atoms with Crippen molar-refractivity contribution in [2.45, 2.75) is 33.1 Å². The number of nitrogens with one attached hydrogen (secondary N) is 1. The van der Waals surface area contributed by atoms with Gasteiger partial charge in [-0.25, -0.2) is 9.97 Å². The molecule has 0 aliphatic carbocycles. The number of rotatable bonds is 5. The molecule has 106 valence electrons. The summed E-state index contributed by atoms with van der Waals surface area (Å²) in [7, 11) is 0. The van der Waals surface area contributed by atoms with Crippen LogP contribution < -0.4 is 5.32 Å². The number of nitrogens with zero attached hydrogens (tertiary/aromatic N) is 2. The average molecular weight is 334 g/mol. The van der Waals surface area contributed by atoms with Gasteiger partial charge in [0.2, 0.25) is 0 Å². The zero-order valence-corrected chi connectivity index (χ0v) is 13.7. The van der Waals surface area contributed by atoms with Gasteiger partial charge in [0.1, 0.15) is 5.82 Å². The molecular formula is C16H20BrN3. The molecule has 3 nitrogen and oxygen atoms in total. The maximum Gasteiger partial charge on any atom is 0.161 e. The van der Waals surface area contributed by atoms with Gasteiger partial charge in [-0.05, 0) is 24.5 Å². The molecule has 0 aliphatic heterocycles. The fourth-order valence-electron chi connectivity index (χ4n) is 1.86. The first kappa shape index (κ1) is 15.0. The quantitative estimate of drug-likeness (QED) is 0.849. The lowest BCUT2D eigenvalue weighted by atomic mass is 10.1. The fourth-order valence-corrected chi connectivity index (χ4v) is 2.26. The SMILES string of the molecule is CCCNc1cc(C(C)C)nc(-c2cccc(Br)c2)n1. The first-order chi connectivity index (χ1) is 9.60. The molecule has 0 unspecified atom stereocenters. The first-order valence-electron chi connectivity index (χ1n) is 6.99. The molecule has 0 saturated heterocycles. The third-order valence-electron chi connectivity index (χ3n) is 2.98. The van der Waals surface area contributed by atoms with E-state index in [0.717, 1.165) is 40.3 Å². The Hall–Kier alpha value is -1.42. The molecule has 1 N–H and O–H groups in total. The summed E-state index contributed by atoms with van der Waals surface area (Å²) in [5.41, 5.74) is 2.09. The van der Waals surface area contributed by atoms with Crippen LogP contribution in [-0.2, 0) is 0 Å². The van der Waals surface area contributed by atoms with Crippen molar-refractivity contribution in [1.82, 2.24) is 9.97 Å². The predicted molar refractivity (Wildman–Crippen MR) is 88.0 cm³/mol. The molecule has 0 saturated carbocycles. The Morgan fingerprint density at radius 1 is 1.20 bits per heavy atom.